The second kappa shape index (κ2) is 1.46. The standard InChI is InChI=1S/C3H3N2.Al/c1-2-4-5-3-1;/h1-2H,(H,4,5);. The summed E-state index contributed by atoms with van der Waals surface area (Å²) in [6, 6.07) is 1.88. The number of H-pyrrole nitrogens is 1. The zero-order chi connectivity index (χ0) is 4.41. The van der Waals surface area contributed by atoms with Gasteiger partial charge >= 0.3 is 0 Å². The predicted molar refractivity (Wildman–Crippen MR) is 24.0 cm³/mol. The van der Waals surface area contributed by atoms with Crippen molar-refractivity contribution in [1.29, 1.82) is 0 Å². The number of hydrogen-bond donors (Lipinski definition) is 1. The van der Waals surface area contributed by atoms with Crippen LogP contribution in [0.3, 0.4) is 0 Å². The van der Waals surface area contributed by atoms with Gasteiger partial charge in [0.1, 0.15) is 0 Å². The molecule has 6 heavy (non-hydrogen) atoms. The summed E-state index contributed by atoms with van der Waals surface area (Å²) in [5.74, 6) is 0. The van der Waals surface area contributed by atoms with Gasteiger partial charge in [0, 0.05) is 6.20 Å². The molecule has 1 N–H and O–H groups in total. The molecule has 0 atom stereocenters. The predicted octanol–water partition coefficient (Wildman–Crippen LogP) is -0.797. The van der Waals surface area contributed by atoms with Crippen molar-refractivity contribution >= 4 is 20.8 Å². The fourth-order valence-corrected chi connectivity index (χ4v) is 0.427. The van der Waals surface area contributed by atoms with E-state index in [1.54, 1.807) is 6.20 Å². The van der Waals surface area contributed by atoms with E-state index in [0.717, 1.165) is 4.56 Å². The van der Waals surface area contributed by atoms with Gasteiger partial charge in [0.25, 0.3) is 0 Å². The van der Waals surface area contributed by atoms with Gasteiger partial charge in [-0.15, -0.1) is 0 Å². The first-order chi connectivity index (χ1) is 2.89. The minimum Gasteiger partial charge on any atom is -0.302 e. The van der Waals surface area contributed by atoms with E-state index in [2.05, 4.69) is 26.5 Å². The van der Waals surface area contributed by atoms with Gasteiger partial charge in [-0.05, 0) is 6.07 Å². The topological polar surface area (TPSA) is 28.7 Å². The molecule has 0 amide bonds. The third-order valence-corrected chi connectivity index (χ3v) is 0.844. The van der Waals surface area contributed by atoms with Crippen molar-refractivity contribution in [3.05, 3.63) is 12.3 Å². The summed E-state index contributed by atoms with van der Waals surface area (Å²) in [5.41, 5.74) is 0. The van der Waals surface area contributed by atoms with Crippen LogP contribution in [0.5, 0.6) is 0 Å². The van der Waals surface area contributed by atoms with Crippen LogP contribution in [0.25, 0.3) is 0 Å². The minimum atomic E-state index is 1.02. The first-order valence-corrected chi connectivity index (χ1v) is 2.22. The Bertz CT molecular complexity index is 112. The Morgan fingerprint density at radius 1 is 1.83 bits per heavy atom. The highest BCUT2D eigenvalue weighted by Gasteiger charge is 1.72. The summed E-state index contributed by atoms with van der Waals surface area (Å²) in [5, 5.41) is 6.39. The first kappa shape index (κ1) is 3.92. The Kier molecular flexibility index (Phi) is 0.954. The fourth-order valence-electron chi connectivity index (χ4n) is 0.267. The van der Waals surface area contributed by atoms with Crippen LogP contribution in [-0.4, -0.2) is 26.5 Å². The van der Waals surface area contributed by atoms with E-state index < -0.39 is 0 Å². The van der Waals surface area contributed by atoms with Crippen molar-refractivity contribution in [1.82, 2.24) is 10.2 Å². The lowest BCUT2D eigenvalue weighted by molar-refractivity contribution is 1.11. The third-order valence-electron chi connectivity index (χ3n) is 0.522. The molecular weight excluding hydrogens is 91.0 g/mol. The summed E-state index contributed by atoms with van der Waals surface area (Å²) >= 11 is 2.50. The van der Waals surface area contributed by atoms with Gasteiger partial charge in [-0.25, -0.2) is 0 Å². The molecule has 1 heterocycles. The zero-order valence-electron chi connectivity index (χ0n) is 3.18. The molecule has 1 aromatic rings. The maximum Gasteiger partial charge on any atom is 0.208 e. The molecule has 1 rings (SSSR count). The number of hydrogen-bond acceptors (Lipinski definition) is 1. The van der Waals surface area contributed by atoms with Gasteiger partial charge in [0.05, 0.1) is 0 Å². The van der Waals surface area contributed by atoms with E-state index in [1.165, 1.54) is 0 Å². The molecule has 0 aliphatic carbocycles. The van der Waals surface area contributed by atoms with E-state index in [-0.39, 0.29) is 0 Å². The smallest absolute Gasteiger partial charge is 0.208 e. The summed E-state index contributed by atoms with van der Waals surface area (Å²) in [7, 11) is 0. The molecule has 0 saturated carbocycles. The molecule has 0 unspecified atom stereocenters. The second-order valence-electron chi connectivity index (χ2n) is 1.01. The van der Waals surface area contributed by atoms with Crippen LogP contribution in [0.1, 0.15) is 0 Å². The lowest BCUT2D eigenvalue weighted by Crippen LogP contribution is -2.00. The van der Waals surface area contributed by atoms with E-state index in [1.807, 2.05) is 6.07 Å². The third kappa shape index (κ3) is 0.619. The lowest BCUT2D eigenvalue weighted by atomic mass is 10.8. The van der Waals surface area contributed by atoms with Crippen molar-refractivity contribution < 1.29 is 0 Å². The summed E-state index contributed by atoms with van der Waals surface area (Å²) in [6.45, 7) is 0. The number of aromatic amines is 1. The van der Waals surface area contributed by atoms with Crippen LogP contribution in [-0.2, 0) is 0 Å². The summed E-state index contributed by atoms with van der Waals surface area (Å²) in [6.07, 6.45) is 1.71. The monoisotopic (exact) mass is 94.0 g/mol. The molecule has 0 aromatic carbocycles. The molecule has 0 aliphatic heterocycles. The van der Waals surface area contributed by atoms with Gasteiger partial charge in [-0.2, -0.15) is 5.10 Å². The van der Waals surface area contributed by atoms with Crippen LogP contribution in [0.15, 0.2) is 12.3 Å². The molecule has 0 spiro atoms. The van der Waals surface area contributed by atoms with Crippen molar-refractivity contribution in [2.45, 2.75) is 0 Å². The highest BCUT2D eigenvalue weighted by atomic mass is 27.0. The normalized spacial score (nSPS) is 8.67. The molecule has 0 bridgehead atoms. The lowest BCUT2D eigenvalue weighted by Gasteiger charge is -1.69. The van der Waals surface area contributed by atoms with Crippen LogP contribution >= 0.6 is 0 Å². The molecule has 2 nitrogen and oxygen atoms in total. The van der Waals surface area contributed by atoms with E-state index in [9.17, 15) is 0 Å². The number of nitrogens with zero attached hydrogens (tertiary/aromatic N) is 1. The Morgan fingerprint density at radius 3 is 2.83 bits per heavy atom. The summed E-state index contributed by atoms with van der Waals surface area (Å²) < 4.78 is 1.02. The van der Waals surface area contributed by atoms with Gasteiger partial charge < -0.3 is 5.10 Å². The molecule has 2 radical (unpaired) electrons. The molecular formula is C3H3AlN2. The van der Waals surface area contributed by atoms with Gasteiger partial charge in [0.2, 0.25) is 16.3 Å². The highest BCUT2D eigenvalue weighted by molar-refractivity contribution is 6.30. The van der Waals surface area contributed by atoms with Crippen molar-refractivity contribution in [2.24, 2.45) is 0 Å². The number of nitrogens with one attached hydrogen (secondary N) is 1. The Balaban J connectivity index is 3.05. The SMILES string of the molecule is [Al][c]1ccn[nH]1. The van der Waals surface area contributed by atoms with E-state index in [0.29, 0.717) is 0 Å². The maximum atomic E-state index is 3.68. The molecule has 0 aliphatic rings. The maximum absolute atomic E-state index is 3.68. The van der Waals surface area contributed by atoms with Gasteiger partial charge in [-0.1, -0.05) is 4.56 Å². The average molecular weight is 94.1 g/mol. The molecule has 0 saturated heterocycles. The molecule has 3 heteroatoms. The van der Waals surface area contributed by atoms with Crippen LogP contribution in [0.2, 0.25) is 0 Å². The second-order valence-corrected chi connectivity index (χ2v) is 1.63. The van der Waals surface area contributed by atoms with E-state index in [4.69, 9.17) is 0 Å². The van der Waals surface area contributed by atoms with Gasteiger partial charge in [-0.3, -0.25) is 0 Å². The van der Waals surface area contributed by atoms with Crippen molar-refractivity contribution in [2.75, 3.05) is 0 Å². The zero-order valence-corrected chi connectivity index (χ0v) is 4.33. The van der Waals surface area contributed by atoms with E-state index >= 15 is 0 Å². The minimum absolute atomic E-state index is 1.02. The number of aromatic nitrogens is 2. The fraction of sp³-hybridized carbons (Fsp3) is 0. The Morgan fingerprint density at radius 2 is 2.67 bits per heavy atom. The van der Waals surface area contributed by atoms with Crippen molar-refractivity contribution in [3.8, 4) is 0 Å². The number of rotatable bonds is 0. The summed E-state index contributed by atoms with van der Waals surface area (Å²) in [4.78, 5) is 0. The Labute approximate surface area is 44.0 Å². The Hall–Kier alpha value is -0.258. The molecule has 0 fully saturated rings. The van der Waals surface area contributed by atoms with Crippen molar-refractivity contribution in [3.63, 3.8) is 0 Å². The molecule has 28 valence electrons. The first-order valence-electron chi connectivity index (χ1n) is 1.64. The quantitative estimate of drug-likeness (QED) is 0.419. The van der Waals surface area contributed by atoms with Crippen LogP contribution in [0.4, 0.5) is 0 Å². The highest BCUT2D eigenvalue weighted by Crippen LogP contribution is 1.60. The van der Waals surface area contributed by atoms with Crippen LogP contribution in [0, 0.1) is 0 Å². The molecule has 1 aromatic heterocycles. The van der Waals surface area contributed by atoms with Gasteiger partial charge in [0.15, 0.2) is 0 Å². The largest absolute Gasteiger partial charge is 0.302 e. The van der Waals surface area contributed by atoms with Crippen LogP contribution < -0.4 is 4.56 Å². The average Bonchev–Trinajstić information content (AvgIpc) is 1.86.